The molecule has 1 aromatic heterocycles. The van der Waals surface area contributed by atoms with E-state index in [1.807, 2.05) is 20.8 Å². The number of amides is 1. The third kappa shape index (κ3) is 4.55. The van der Waals surface area contributed by atoms with E-state index in [0.29, 0.717) is 5.92 Å². The second kappa shape index (κ2) is 7.02. The van der Waals surface area contributed by atoms with Gasteiger partial charge in [-0.2, -0.15) is 0 Å². The van der Waals surface area contributed by atoms with Crippen LogP contribution in [0.3, 0.4) is 0 Å². The van der Waals surface area contributed by atoms with E-state index >= 15 is 0 Å². The van der Waals surface area contributed by atoms with Crippen LogP contribution in [-0.2, 0) is 10.0 Å². The first kappa shape index (κ1) is 19.7. The maximum atomic E-state index is 12.5. The van der Waals surface area contributed by atoms with Gasteiger partial charge in [-0.1, -0.05) is 13.8 Å². The number of nitrogens with zero attached hydrogens (tertiary/aromatic N) is 1. The summed E-state index contributed by atoms with van der Waals surface area (Å²) in [6.07, 6.45) is 0.717. The summed E-state index contributed by atoms with van der Waals surface area (Å²) in [6.45, 7) is 7.82. The fourth-order valence-electron chi connectivity index (χ4n) is 2.42. The van der Waals surface area contributed by atoms with E-state index < -0.39 is 15.6 Å². The van der Waals surface area contributed by atoms with Crippen LogP contribution >= 0.6 is 0 Å². The fourth-order valence-corrected chi connectivity index (χ4v) is 3.27. The number of furan rings is 1. The molecule has 0 saturated heterocycles. The highest BCUT2D eigenvalue weighted by Crippen LogP contribution is 2.23. The van der Waals surface area contributed by atoms with Gasteiger partial charge in [0.1, 0.15) is 5.76 Å². The van der Waals surface area contributed by atoms with Gasteiger partial charge in [0.2, 0.25) is 5.09 Å². The van der Waals surface area contributed by atoms with Gasteiger partial charge < -0.3 is 15.5 Å². The van der Waals surface area contributed by atoms with Crippen molar-refractivity contribution >= 4 is 15.9 Å². The van der Waals surface area contributed by atoms with Crippen LogP contribution in [0.5, 0.6) is 0 Å². The first-order chi connectivity index (χ1) is 10.4. The molecular formula is C15H27N3O4S. The summed E-state index contributed by atoms with van der Waals surface area (Å²) in [7, 11) is -0.911. The average Bonchev–Trinajstić information content (AvgIpc) is 2.80. The Bertz CT molecular complexity index is 664. The molecule has 1 unspecified atom stereocenters. The van der Waals surface area contributed by atoms with Gasteiger partial charge in [0, 0.05) is 32.2 Å². The van der Waals surface area contributed by atoms with E-state index in [2.05, 4.69) is 5.32 Å². The molecule has 1 atom stereocenters. The molecule has 1 heterocycles. The van der Waals surface area contributed by atoms with Crippen molar-refractivity contribution in [2.24, 2.45) is 11.7 Å². The monoisotopic (exact) mass is 345 g/mol. The molecule has 0 fully saturated rings. The lowest BCUT2D eigenvalue weighted by atomic mass is 9.90. The number of carbonyl (C=O) groups is 1. The normalized spacial score (nSPS) is 15.0. The van der Waals surface area contributed by atoms with Gasteiger partial charge in [0.25, 0.3) is 15.9 Å². The van der Waals surface area contributed by atoms with E-state index in [0.717, 1.165) is 10.7 Å². The summed E-state index contributed by atoms with van der Waals surface area (Å²) in [5, 5.41) is 2.65. The summed E-state index contributed by atoms with van der Waals surface area (Å²) in [5.41, 5.74) is 5.44. The predicted molar refractivity (Wildman–Crippen MR) is 88.7 cm³/mol. The largest absolute Gasteiger partial charge is 0.448 e. The lowest BCUT2D eigenvalue weighted by Crippen LogP contribution is -2.52. The molecule has 0 bridgehead atoms. The number of nitrogens with two attached hydrogens (primary N) is 1. The molecule has 8 heteroatoms. The molecular weight excluding hydrogens is 318 g/mol. The van der Waals surface area contributed by atoms with Crippen LogP contribution < -0.4 is 11.1 Å². The maximum Gasteiger partial charge on any atom is 0.275 e. The molecule has 132 valence electrons. The van der Waals surface area contributed by atoms with Crippen LogP contribution in [0.15, 0.2) is 15.6 Å². The molecule has 1 aromatic rings. The Labute approximate surface area is 138 Å². The minimum Gasteiger partial charge on any atom is -0.448 e. The highest BCUT2D eigenvalue weighted by atomic mass is 32.2. The Kier molecular flexibility index (Phi) is 6.00. The minimum absolute atomic E-state index is 0.203. The van der Waals surface area contributed by atoms with Crippen LogP contribution in [0.2, 0.25) is 0 Å². The summed E-state index contributed by atoms with van der Waals surface area (Å²) >= 11 is 0. The molecule has 0 saturated carbocycles. The Morgan fingerprint density at radius 2 is 2.00 bits per heavy atom. The van der Waals surface area contributed by atoms with Crippen molar-refractivity contribution in [1.29, 1.82) is 0 Å². The Hall–Kier alpha value is -1.38. The van der Waals surface area contributed by atoms with E-state index in [1.165, 1.54) is 20.2 Å². The van der Waals surface area contributed by atoms with Gasteiger partial charge in [-0.05, 0) is 26.2 Å². The van der Waals surface area contributed by atoms with E-state index in [-0.39, 0.29) is 28.9 Å². The second-order valence-corrected chi connectivity index (χ2v) is 8.72. The first-order valence-electron chi connectivity index (χ1n) is 7.48. The number of rotatable bonds is 7. The first-order valence-corrected chi connectivity index (χ1v) is 8.92. The van der Waals surface area contributed by atoms with Crippen molar-refractivity contribution in [2.75, 3.05) is 20.6 Å². The second-order valence-electron chi connectivity index (χ2n) is 6.64. The van der Waals surface area contributed by atoms with Crippen molar-refractivity contribution < 1.29 is 17.6 Å². The Morgan fingerprint density at radius 3 is 2.43 bits per heavy atom. The molecule has 0 aliphatic rings. The maximum absolute atomic E-state index is 12.5. The number of hydrogen-bond acceptors (Lipinski definition) is 5. The molecule has 0 aliphatic carbocycles. The van der Waals surface area contributed by atoms with Crippen LogP contribution in [0.25, 0.3) is 0 Å². The predicted octanol–water partition coefficient (Wildman–Crippen LogP) is 1.33. The molecule has 3 N–H and O–H groups in total. The van der Waals surface area contributed by atoms with Gasteiger partial charge in [0.15, 0.2) is 0 Å². The SMILES string of the molecule is Cc1oc(S(=O)(=O)N(C)C)cc1C(=O)NC(C)(CN)CC(C)C. The van der Waals surface area contributed by atoms with Crippen LogP contribution in [-0.4, -0.2) is 44.8 Å². The lowest BCUT2D eigenvalue weighted by Gasteiger charge is -2.31. The van der Waals surface area contributed by atoms with Crippen LogP contribution in [0, 0.1) is 12.8 Å². The number of aryl methyl sites for hydroxylation is 1. The highest BCUT2D eigenvalue weighted by Gasteiger charge is 2.30. The van der Waals surface area contributed by atoms with Gasteiger partial charge in [-0.3, -0.25) is 4.79 Å². The Morgan fingerprint density at radius 1 is 1.43 bits per heavy atom. The molecule has 0 spiro atoms. The van der Waals surface area contributed by atoms with Gasteiger partial charge in [-0.15, -0.1) is 0 Å². The van der Waals surface area contributed by atoms with Gasteiger partial charge >= 0.3 is 0 Å². The van der Waals surface area contributed by atoms with Gasteiger partial charge in [0.05, 0.1) is 5.56 Å². The Balaban J connectivity index is 3.09. The van der Waals surface area contributed by atoms with E-state index in [9.17, 15) is 13.2 Å². The number of hydrogen-bond donors (Lipinski definition) is 2. The molecule has 7 nitrogen and oxygen atoms in total. The van der Waals surface area contributed by atoms with Crippen molar-refractivity contribution in [3.8, 4) is 0 Å². The third-order valence-corrected chi connectivity index (χ3v) is 5.27. The molecule has 0 aromatic carbocycles. The number of nitrogens with one attached hydrogen (secondary N) is 1. The van der Waals surface area contributed by atoms with E-state index in [4.69, 9.17) is 10.2 Å². The number of carbonyl (C=O) groups excluding carboxylic acids is 1. The smallest absolute Gasteiger partial charge is 0.275 e. The summed E-state index contributed by atoms with van der Waals surface area (Å²) < 4.78 is 30.5. The summed E-state index contributed by atoms with van der Waals surface area (Å²) in [5.74, 6) is 0.228. The van der Waals surface area contributed by atoms with Crippen LogP contribution in [0.4, 0.5) is 0 Å². The lowest BCUT2D eigenvalue weighted by molar-refractivity contribution is 0.0896. The number of sulfonamides is 1. The third-order valence-electron chi connectivity index (χ3n) is 3.60. The quantitative estimate of drug-likeness (QED) is 0.775. The molecule has 0 radical (unpaired) electrons. The van der Waals surface area contributed by atoms with Gasteiger partial charge in [-0.25, -0.2) is 12.7 Å². The van der Waals surface area contributed by atoms with Crippen molar-refractivity contribution in [1.82, 2.24) is 9.62 Å². The topological polar surface area (TPSA) is 106 Å². The molecule has 1 rings (SSSR count). The van der Waals surface area contributed by atoms with Crippen LogP contribution in [0.1, 0.15) is 43.3 Å². The summed E-state index contributed by atoms with van der Waals surface area (Å²) in [6, 6.07) is 1.26. The highest BCUT2D eigenvalue weighted by molar-refractivity contribution is 7.88. The zero-order valence-electron chi connectivity index (χ0n) is 14.6. The van der Waals surface area contributed by atoms with Crippen molar-refractivity contribution in [3.05, 3.63) is 17.4 Å². The van der Waals surface area contributed by atoms with Crippen molar-refractivity contribution in [2.45, 2.75) is 44.7 Å². The summed E-state index contributed by atoms with van der Waals surface area (Å²) in [4.78, 5) is 12.5. The molecule has 1 amide bonds. The zero-order valence-corrected chi connectivity index (χ0v) is 15.5. The van der Waals surface area contributed by atoms with Crippen molar-refractivity contribution in [3.63, 3.8) is 0 Å². The standard InChI is InChI=1S/C15H27N3O4S/c1-10(2)8-15(4,9-16)17-14(19)12-7-13(22-11(12)3)23(20,21)18(5)6/h7,10H,8-9,16H2,1-6H3,(H,17,19). The zero-order chi connectivity index (χ0) is 18.0. The minimum atomic E-state index is -3.72. The van der Waals surface area contributed by atoms with E-state index in [1.54, 1.807) is 6.92 Å². The molecule has 0 aliphatic heterocycles. The average molecular weight is 345 g/mol. The molecule has 23 heavy (non-hydrogen) atoms. The fraction of sp³-hybridized carbons (Fsp3) is 0.667.